The lowest BCUT2D eigenvalue weighted by Gasteiger charge is -2.33. The van der Waals surface area contributed by atoms with Gasteiger partial charge in [-0.2, -0.15) is 0 Å². The largest absolute Gasteiger partial charge is 0.481 e. The molecule has 1 aliphatic rings. The Morgan fingerprint density at radius 1 is 1.54 bits per heavy atom. The van der Waals surface area contributed by atoms with E-state index >= 15 is 0 Å². The van der Waals surface area contributed by atoms with Gasteiger partial charge in [-0.25, -0.2) is 0 Å². The summed E-state index contributed by atoms with van der Waals surface area (Å²) in [6, 6.07) is 0. The highest BCUT2D eigenvalue weighted by atomic mass is 16.5. The van der Waals surface area contributed by atoms with Crippen LogP contribution in [0.5, 0.6) is 0 Å². The minimum absolute atomic E-state index is 0.482. The summed E-state index contributed by atoms with van der Waals surface area (Å²) in [7, 11) is 1.70. The topological polar surface area (TPSA) is 46.5 Å². The zero-order valence-corrected chi connectivity index (χ0v) is 8.38. The molecule has 13 heavy (non-hydrogen) atoms. The van der Waals surface area contributed by atoms with Crippen molar-refractivity contribution in [3.8, 4) is 0 Å². The van der Waals surface area contributed by atoms with E-state index in [2.05, 4.69) is 0 Å². The molecule has 1 N–H and O–H groups in total. The number of carboxylic acids is 1. The molecule has 3 nitrogen and oxygen atoms in total. The number of carboxylic acid groups (broad SMARTS) is 1. The molecule has 0 atom stereocenters. The number of rotatable bonds is 3. The highest BCUT2D eigenvalue weighted by molar-refractivity contribution is 5.74. The molecule has 1 fully saturated rings. The van der Waals surface area contributed by atoms with E-state index in [4.69, 9.17) is 9.84 Å². The fourth-order valence-corrected chi connectivity index (χ4v) is 1.93. The predicted molar refractivity (Wildman–Crippen MR) is 49.6 cm³/mol. The molecule has 0 unspecified atom stereocenters. The number of methoxy groups -OCH3 is 1. The van der Waals surface area contributed by atoms with Crippen molar-refractivity contribution in [2.24, 2.45) is 11.3 Å². The maximum atomic E-state index is 10.9. The van der Waals surface area contributed by atoms with Crippen LogP contribution in [0.2, 0.25) is 0 Å². The molecule has 0 aromatic carbocycles. The van der Waals surface area contributed by atoms with E-state index in [0.29, 0.717) is 5.92 Å². The first-order valence-electron chi connectivity index (χ1n) is 4.81. The van der Waals surface area contributed by atoms with Crippen molar-refractivity contribution in [2.75, 3.05) is 13.7 Å². The Bertz CT molecular complexity index is 181. The molecular formula is C10H18O3. The summed E-state index contributed by atoms with van der Waals surface area (Å²) in [4.78, 5) is 10.9. The minimum atomic E-state index is -0.650. The summed E-state index contributed by atoms with van der Waals surface area (Å²) < 4.78 is 5.06. The van der Waals surface area contributed by atoms with Crippen molar-refractivity contribution in [1.82, 2.24) is 0 Å². The third kappa shape index (κ3) is 2.44. The van der Waals surface area contributed by atoms with Gasteiger partial charge in [-0.3, -0.25) is 4.79 Å². The highest BCUT2D eigenvalue weighted by Gasteiger charge is 2.37. The molecule has 0 aliphatic heterocycles. The van der Waals surface area contributed by atoms with Crippen LogP contribution in [0.4, 0.5) is 0 Å². The van der Waals surface area contributed by atoms with Crippen LogP contribution in [0, 0.1) is 11.3 Å². The monoisotopic (exact) mass is 186 g/mol. The fourth-order valence-electron chi connectivity index (χ4n) is 1.93. The van der Waals surface area contributed by atoms with Crippen LogP contribution in [0.1, 0.15) is 32.6 Å². The Morgan fingerprint density at radius 2 is 2.08 bits per heavy atom. The molecule has 0 aromatic heterocycles. The minimum Gasteiger partial charge on any atom is -0.481 e. The zero-order valence-electron chi connectivity index (χ0n) is 8.38. The van der Waals surface area contributed by atoms with Gasteiger partial charge in [0.2, 0.25) is 0 Å². The molecule has 0 saturated heterocycles. The first-order valence-corrected chi connectivity index (χ1v) is 4.81. The number of carbonyl (C=O) groups is 1. The lowest BCUT2D eigenvalue weighted by molar-refractivity contribution is -0.150. The number of hydrogen-bond acceptors (Lipinski definition) is 2. The van der Waals surface area contributed by atoms with E-state index in [1.165, 1.54) is 0 Å². The van der Waals surface area contributed by atoms with Crippen LogP contribution >= 0.6 is 0 Å². The first-order chi connectivity index (χ1) is 6.08. The molecule has 0 heterocycles. The van der Waals surface area contributed by atoms with Gasteiger partial charge in [-0.1, -0.05) is 0 Å². The summed E-state index contributed by atoms with van der Waals surface area (Å²) in [5, 5.41) is 8.98. The second kappa shape index (κ2) is 4.09. The SMILES string of the molecule is COCC1CCC(C)(C(=O)O)CC1. The smallest absolute Gasteiger partial charge is 0.309 e. The van der Waals surface area contributed by atoms with E-state index in [9.17, 15) is 4.79 Å². The van der Waals surface area contributed by atoms with Crippen LogP contribution in [0.15, 0.2) is 0 Å². The molecule has 1 rings (SSSR count). The van der Waals surface area contributed by atoms with Gasteiger partial charge in [0.05, 0.1) is 5.41 Å². The van der Waals surface area contributed by atoms with Crippen molar-refractivity contribution >= 4 is 5.97 Å². The van der Waals surface area contributed by atoms with Crippen molar-refractivity contribution < 1.29 is 14.6 Å². The molecule has 0 bridgehead atoms. The van der Waals surface area contributed by atoms with Gasteiger partial charge < -0.3 is 9.84 Å². The normalized spacial score (nSPS) is 34.5. The van der Waals surface area contributed by atoms with Gasteiger partial charge in [0, 0.05) is 13.7 Å². The van der Waals surface area contributed by atoms with E-state index in [1.54, 1.807) is 7.11 Å². The Balaban J connectivity index is 2.42. The van der Waals surface area contributed by atoms with E-state index < -0.39 is 11.4 Å². The van der Waals surface area contributed by atoms with Gasteiger partial charge in [-0.05, 0) is 38.5 Å². The zero-order chi connectivity index (χ0) is 9.90. The lowest BCUT2D eigenvalue weighted by atomic mass is 9.72. The predicted octanol–water partition coefficient (Wildman–Crippen LogP) is 1.91. The third-order valence-electron chi connectivity index (χ3n) is 3.13. The van der Waals surface area contributed by atoms with Crippen LogP contribution in [-0.4, -0.2) is 24.8 Å². The molecule has 0 spiro atoms. The second-order valence-electron chi connectivity index (χ2n) is 4.26. The molecule has 0 radical (unpaired) electrons. The summed E-state index contributed by atoms with van der Waals surface area (Å²) >= 11 is 0. The van der Waals surface area contributed by atoms with E-state index in [0.717, 1.165) is 32.3 Å². The Hall–Kier alpha value is -0.570. The Morgan fingerprint density at radius 3 is 2.46 bits per heavy atom. The molecule has 0 aromatic rings. The quantitative estimate of drug-likeness (QED) is 0.732. The lowest BCUT2D eigenvalue weighted by Crippen LogP contribution is -2.33. The fraction of sp³-hybridized carbons (Fsp3) is 0.900. The number of hydrogen-bond donors (Lipinski definition) is 1. The van der Waals surface area contributed by atoms with Crippen LogP contribution in [0.25, 0.3) is 0 Å². The summed E-state index contributed by atoms with van der Waals surface area (Å²) in [5.41, 5.74) is -0.482. The van der Waals surface area contributed by atoms with Gasteiger partial charge in [0.15, 0.2) is 0 Å². The van der Waals surface area contributed by atoms with Gasteiger partial charge in [-0.15, -0.1) is 0 Å². The first kappa shape index (κ1) is 10.5. The third-order valence-corrected chi connectivity index (χ3v) is 3.13. The van der Waals surface area contributed by atoms with Gasteiger partial charge >= 0.3 is 5.97 Å². The standard InChI is InChI=1S/C10H18O3/c1-10(9(11)12)5-3-8(4-6-10)7-13-2/h8H,3-7H2,1-2H3,(H,11,12). The maximum absolute atomic E-state index is 10.9. The Kier molecular flexibility index (Phi) is 3.31. The molecule has 76 valence electrons. The van der Waals surface area contributed by atoms with Crippen molar-refractivity contribution in [3.63, 3.8) is 0 Å². The highest BCUT2D eigenvalue weighted by Crippen LogP contribution is 2.38. The number of ether oxygens (including phenoxy) is 1. The average molecular weight is 186 g/mol. The molecule has 3 heteroatoms. The summed E-state index contributed by atoms with van der Waals surface area (Å²) in [5.74, 6) is -0.0826. The van der Waals surface area contributed by atoms with E-state index in [1.807, 2.05) is 6.92 Å². The van der Waals surface area contributed by atoms with Crippen LogP contribution in [-0.2, 0) is 9.53 Å². The molecule has 0 amide bonds. The molecule has 1 aliphatic carbocycles. The molecule has 1 saturated carbocycles. The summed E-state index contributed by atoms with van der Waals surface area (Å²) in [6.07, 6.45) is 3.54. The second-order valence-corrected chi connectivity index (χ2v) is 4.26. The van der Waals surface area contributed by atoms with Crippen LogP contribution < -0.4 is 0 Å². The van der Waals surface area contributed by atoms with Gasteiger partial charge in [0.1, 0.15) is 0 Å². The number of aliphatic carboxylic acids is 1. The average Bonchev–Trinajstić information content (AvgIpc) is 2.09. The van der Waals surface area contributed by atoms with Crippen LogP contribution in [0.3, 0.4) is 0 Å². The van der Waals surface area contributed by atoms with Crippen molar-refractivity contribution in [3.05, 3.63) is 0 Å². The summed E-state index contributed by atoms with van der Waals surface area (Å²) in [6.45, 7) is 2.62. The Labute approximate surface area is 79.1 Å². The van der Waals surface area contributed by atoms with Gasteiger partial charge in [0.25, 0.3) is 0 Å². The van der Waals surface area contributed by atoms with Crippen molar-refractivity contribution in [1.29, 1.82) is 0 Å². The van der Waals surface area contributed by atoms with Crippen molar-refractivity contribution in [2.45, 2.75) is 32.6 Å². The molecular weight excluding hydrogens is 168 g/mol. The maximum Gasteiger partial charge on any atom is 0.309 e. The van der Waals surface area contributed by atoms with E-state index in [-0.39, 0.29) is 0 Å².